The van der Waals surface area contributed by atoms with Crippen molar-refractivity contribution >= 4 is 38.9 Å². The lowest BCUT2D eigenvalue weighted by Crippen LogP contribution is -2.36. The van der Waals surface area contributed by atoms with Gasteiger partial charge in [-0.1, -0.05) is 0 Å². The lowest BCUT2D eigenvalue weighted by molar-refractivity contribution is -0.382. The summed E-state index contributed by atoms with van der Waals surface area (Å²) < 4.78 is 0.728. The highest BCUT2D eigenvalue weighted by atomic mass is 32.1. The van der Waals surface area contributed by atoms with Crippen molar-refractivity contribution in [3.05, 3.63) is 27.8 Å². The average Bonchev–Trinajstić information content (AvgIpc) is 3.05. The van der Waals surface area contributed by atoms with Crippen molar-refractivity contribution in [2.24, 2.45) is 0 Å². The number of nitrogens with zero attached hydrogens (tertiary/aromatic N) is 3. The van der Waals surface area contributed by atoms with Crippen LogP contribution in [0.4, 0.5) is 11.4 Å². The molecule has 0 radical (unpaired) electrons. The predicted molar refractivity (Wildman–Crippen MR) is 74.3 cm³/mol. The van der Waals surface area contributed by atoms with Crippen LogP contribution >= 0.6 is 11.3 Å². The fourth-order valence-electron chi connectivity index (χ4n) is 2.63. The van der Waals surface area contributed by atoms with Crippen LogP contribution in [-0.2, 0) is 4.79 Å². The normalized spacial score (nSPS) is 18.6. The molecule has 1 N–H and O–H groups in total. The highest BCUT2D eigenvalue weighted by molar-refractivity contribution is 7.16. The summed E-state index contributed by atoms with van der Waals surface area (Å²) in [5.74, 6) is -0.949. The molecule has 0 bridgehead atoms. The summed E-state index contributed by atoms with van der Waals surface area (Å²) in [4.78, 5) is 27.8. The number of carbonyl (C=O) groups is 1. The Morgan fingerprint density at radius 2 is 2.35 bits per heavy atom. The molecule has 20 heavy (non-hydrogen) atoms. The molecule has 7 nitrogen and oxygen atoms in total. The van der Waals surface area contributed by atoms with Crippen LogP contribution in [0.25, 0.3) is 10.2 Å². The molecule has 0 saturated carbocycles. The average molecular weight is 293 g/mol. The van der Waals surface area contributed by atoms with Crippen molar-refractivity contribution in [2.75, 3.05) is 11.4 Å². The van der Waals surface area contributed by atoms with Gasteiger partial charge in [0.1, 0.15) is 11.7 Å². The zero-order valence-corrected chi connectivity index (χ0v) is 11.2. The van der Waals surface area contributed by atoms with E-state index in [-0.39, 0.29) is 5.69 Å². The molecule has 3 rings (SSSR count). The molecule has 1 unspecified atom stereocenters. The Bertz CT molecular complexity index is 699. The number of hydrogen-bond acceptors (Lipinski definition) is 6. The Balaban J connectivity index is 2.17. The van der Waals surface area contributed by atoms with E-state index >= 15 is 0 Å². The lowest BCUT2D eigenvalue weighted by Gasteiger charge is -2.23. The monoisotopic (exact) mass is 293 g/mol. The third-order valence-corrected chi connectivity index (χ3v) is 4.28. The second-order valence-electron chi connectivity index (χ2n) is 4.58. The van der Waals surface area contributed by atoms with Gasteiger partial charge < -0.3 is 10.0 Å². The zero-order chi connectivity index (χ0) is 14.3. The molecule has 104 valence electrons. The van der Waals surface area contributed by atoms with Gasteiger partial charge in [-0.05, 0) is 25.0 Å². The number of anilines is 1. The van der Waals surface area contributed by atoms with Crippen molar-refractivity contribution in [1.82, 2.24) is 4.98 Å². The SMILES string of the molecule is O=C(O)C1CCCN1c1ccc2scnc2c1[N+](=O)[O-]. The van der Waals surface area contributed by atoms with Gasteiger partial charge in [-0.2, -0.15) is 0 Å². The van der Waals surface area contributed by atoms with Gasteiger partial charge in [-0.15, -0.1) is 11.3 Å². The standard InChI is InChI=1S/C12H11N3O4S/c16-12(17)8-2-1-5-14(8)7-3-4-9-10(13-6-20-9)11(7)15(18)19/h3-4,6,8H,1-2,5H2,(H,16,17). The van der Waals surface area contributed by atoms with Crippen molar-refractivity contribution in [2.45, 2.75) is 18.9 Å². The summed E-state index contributed by atoms with van der Waals surface area (Å²) in [6, 6.07) is 2.68. The van der Waals surface area contributed by atoms with Gasteiger partial charge >= 0.3 is 11.7 Å². The molecule has 0 aliphatic carbocycles. The van der Waals surface area contributed by atoms with Gasteiger partial charge in [-0.3, -0.25) is 10.1 Å². The van der Waals surface area contributed by atoms with Gasteiger partial charge in [0.2, 0.25) is 0 Å². The number of nitro groups is 1. The number of nitro benzene ring substituents is 1. The van der Waals surface area contributed by atoms with Crippen LogP contribution in [0.2, 0.25) is 0 Å². The van der Waals surface area contributed by atoms with Gasteiger partial charge in [0.05, 0.1) is 15.1 Å². The molecule has 1 saturated heterocycles. The van der Waals surface area contributed by atoms with E-state index in [4.69, 9.17) is 0 Å². The van der Waals surface area contributed by atoms with Crippen LogP contribution in [0, 0.1) is 10.1 Å². The Hall–Kier alpha value is -2.22. The maximum absolute atomic E-state index is 11.4. The van der Waals surface area contributed by atoms with Crippen molar-refractivity contribution < 1.29 is 14.8 Å². The summed E-state index contributed by atoms with van der Waals surface area (Å²) in [5.41, 5.74) is 2.13. The number of fused-ring (bicyclic) bond motifs is 1. The van der Waals surface area contributed by atoms with E-state index in [1.54, 1.807) is 22.5 Å². The third kappa shape index (κ3) is 1.88. The Kier molecular flexibility index (Phi) is 3.01. The van der Waals surface area contributed by atoms with E-state index in [0.717, 1.165) is 4.70 Å². The number of aromatic nitrogens is 1. The van der Waals surface area contributed by atoms with Gasteiger partial charge in [0.25, 0.3) is 0 Å². The van der Waals surface area contributed by atoms with E-state index in [2.05, 4.69) is 4.98 Å². The zero-order valence-electron chi connectivity index (χ0n) is 10.4. The van der Waals surface area contributed by atoms with Crippen molar-refractivity contribution in [3.63, 3.8) is 0 Å². The summed E-state index contributed by atoms with van der Waals surface area (Å²) in [5, 5.41) is 20.6. The molecule has 0 amide bonds. The molecule has 2 heterocycles. The van der Waals surface area contributed by atoms with E-state index in [1.807, 2.05) is 0 Å². The number of thiazole rings is 1. The minimum atomic E-state index is -0.949. The molecule has 8 heteroatoms. The van der Waals surface area contributed by atoms with Crippen LogP contribution in [0.5, 0.6) is 0 Å². The molecule has 1 atom stereocenters. The van der Waals surface area contributed by atoms with E-state index in [1.165, 1.54) is 11.3 Å². The van der Waals surface area contributed by atoms with Crippen molar-refractivity contribution in [1.29, 1.82) is 0 Å². The maximum atomic E-state index is 11.4. The molecule has 1 aromatic carbocycles. The van der Waals surface area contributed by atoms with Gasteiger partial charge in [-0.25, -0.2) is 9.78 Å². The number of aliphatic carboxylic acids is 1. The Labute approximate surface area is 117 Å². The first kappa shape index (κ1) is 12.8. The molecule has 1 aromatic heterocycles. The molecule has 1 aliphatic heterocycles. The number of rotatable bonds is 3. The Morgan fingerprint density at radius 3 is 3.05 bits per heavy atom. The van der Waals surface area contributed by atoms with Crippen LogP contribution < -0.4 is 4.90 Å². The third-order valence-electron chi connectivity index (χ3n) is 3.48. The molecule has 2 aromatic rings. The second kappa shape index (κ2) is 4.71. The minimum Gasteiger partial charge on any atom is -0.480 e. The fraction of sp³-hybridized carbons (Fsp3) is 0.333. The summed E-state index contributed by atoms with van der Waals surface area (Å²) >= 11 is 1.33. The number of carboxylic acid groups (broad SMARTS) is 1. The van der Waals surface area contributed by atoms with Crippen LogP contribution in [-0.4, -0.2) is 33.6 Å². The molecular formula is C12H11N3O4S. The van der Waals surface area contributed by atoms with Crippen LogP contribution in [0.3, 0.4) is 0 Å². The number of carboxylic acids is 1. The fourth-order valence-corrected chi connectivity index (χ4v) is 3.31. The Morgan fingerprint density at radius 1 is 1.55 bits per heavy atom. The first-order valence-electron chi connectivity index (χ1n) is 6.09. The minimum absolute atomic E-state index is 0.100. The van der Waals surface area contributed by atoms with Crippen LogP contribution in [0.15, 0.2) is 17.6 Å². The number of hydrogen-bond donors (Lipinski definition) is 1. The summed E-state index contributed by atoms with van der Waals surface area (Å²) in [6.07, 6.45) is 1.21. The molecule has 0 spiro atoms. The smallest absolute Gasteiger partial charge is 0.326 e. The first-order chi connectivity index (χ1) is 9.59. The summed E-state index contributed by atoms with van der Waals surface area (Å²) in [7, 11) is 0. The van der Waals surface area contributed by atoms with E-state index in [9.17, 15) is 20.0 Å². The molecule has 1 fully saturated rings. The second-order valence-corrected chi connectivity index (χ2v) is 5.47. The largest absolute Gasteiger partial charge is 0.480 e. The lowest BCUT2D eigenvalue weighted by atomic mass is 10.2. The van der Waals surface area contributed by atoms with Crippen molar-refractivity contribution in [3.8, 4) is 0 Å². The number of benzene rings is 1. The van der Waals surface area contributed by atoms with E-state index < -0.39 is 16.9 Å². The van der Waals surface area contributed by atoms with Gasteiger partial charge in [0, 0.05) is 6.54 Å². The van der Waals surface area contributed by atoms with E-state index in [0.29, 0.717) is 30.6 Å². The highest BCUT2D eigenvalue weighted by Crippen LogP contribution is 2.39. The first-order valence-corrected chi connectivity index (χ1v) is 6.97. The molecular weight excluding hydrogens is 282 g/mol. The quantitative estimate of drug-likeness (QED) is 0.688. The highest BCUT2D eigenvalue weighted by Gasteiger charge is 2.35. The molecule has 1 aliphatic rings. The predicted octanol–water partition coefficient (Wildman–Crippen LogP) is 2.26. The topological polar surface area (TPSA) is 96.6 Å². The maximum Gasteiger partial charge on any atom is 0.326 e. The van der Waals surface area contributed by atoms with Gasteiger partial charge in [0.15, 0.2) is 5.52 Å². The van der Waals surface area contributed by atoms with Crippen LogP contribution in [0.1, 0.15) is 12.8 Å². The summed E-state index contributed by atoms with van der Waals surface area (Å²) in [6.45, 7) is 0.507.